The summed E-state index contributed by atoms with van der Waals surface area (Å²) in [6.07, 6.45) is 3.00. The van der Waals surface area contributed by atoms with Crippen LogP contribution >= 0.6 is 11.3 Å². The fourth-order valence-electron chi connectivity index (χ4n) is 1.25. The average molecular weight is 249 g/mol. The van der Waals surface area contributed by atoms with Crippen molar-refractivity contribution < 1.29 is 9.53 Å². The van der Waals surface area contributed by atoms with Crippen LogP contribution in [-0.4, -0.2) is 23.2 Å². The van der Waals surface area contributed by atoms with Gasteiger partial charge in [0, 0.05) is 23.3 Å². The Morgan fingerprint density at radius 1 is 1.47 bits per heavy atom. The first-order valence-corrected chi connectivity index (χ1v) is 5.84. The maximum absolute atomic E-state index is 10.9. The van der Waals surface area contributed by atoms with E-state index in [2.05, 4.69) is 20.0 Å². The second-order valence-electron chi connectivity index (χ2n) is 3.23. The summed E-state index contributed by atoms with van der Waals surface area (Å²) in [5.74, 6) is 0. The Balaban J connectivity index is 2.04. The molecule has 0 bridgehead atoms. The highest BCUT2D eigenvalue weighted by atomic mass is 32.1. The number of carbonyl (C=O) groups excluding carboxylic acids is 1. The Bertz CT molecular complexity index is 498. The van der Waals surface area contributed by atoms with Gasteiger partial charge in [-0.1, -0.05) is 0 Å². The molecule has 2 aromatic rings. The molecular formula is C11H11N3O2S. The van der Waals surface area contributed by atoms with Crippen molar-refractivity contribution in [1.82, 2.24) is 15.3 Å². The van der Waals surface area contributed by atoms with Crippen molar-refractivity contribution in [1.29, 1.82) is 0 Å². The Hall–Kier alpha value is -1.95. The van der Waals surface area contributed by atoms with E-state index in [4.69, 9.17) is 0 Å². The molecular weight excluding hydrogens is 238 g/mol. The van der Waals surface area contributed by atoms with E-state index >= 15 is 0 Å². The van der Waals surface area contributed by atoms with Gasteiger partial charge < -0.3 is 10.1 Å². The lowest BCUT2D eigenvalue weighted by molar-refractivity contribution is 0.170. The minimum atomic E-state index is -0.455. The van der Waals surface area contributed by atoms with Gasteiger partial charge in [-0.3, -0.25) is 4.98 Å². The van der Waals surface area contributed by atoms with Crippen molar-refractivity contribution in [2.24, 2.45) is 0 Å². The molecule has 0 aliphatic rings. The number of alkyl carbamates (subject to hydrolysis) is 1. The van der Waals surface area contributed by atoms with E-state index < -0.39 is 6.09 Å². The second-order valence-corrected chi connectivity index (χ2v) is 4.08. The molecule has 0 spiro atoms. The number of nitrogens with zero attached hydrogens (tertiary/aromatic N) is 2. The summed E-state index contributed by atoms with van der Waals surface area (Å²) in [6.45, 7) is 0.369. The molecule has 88 valence electrons. The summed E-state index contributed by atoms with van der Waals surface area (Å²) >= 11 is 1.53. The molecule has 0 saturated carbocycles. The maximum Gasteiger partial charge on any atom is 0.407 e. The fraction of sp³-hybridized carbons (Fsp3) is 0.182. The number of thiazole rings is 1. The van der Waals surface area contributed by atoms with Crippen LogP contribution in [0.2, 0.25) is 0 Å². The highest BCUT2D eigenvalue weighted by molar-refractivity contribution is 7.13. The summed E-state index contributed by atoms with van der Waals surface area (Å²) in [6, 6.07) is 3.80. The van der Waals surface area contributed by atoms with Gasteiger partial charge in [-0.25, -0.2) is 9.78 Å². The van der Waals surface area contributed by atoms with E-state index in [1.165, 1.54) is 18.4 Å². The quantitative estimate of drug-likeness (QED) is 0.904. The first-order valence-electron chi connectivity index (χ1n) is 4.96. The van der Waals surface area contributed by atoms with Crippen molar-refractivity contribution in [3.05, 3.63) is 35.6 Å². The smallest absolute Gasteiger partial charge is 0.407 e. The minimum absolute atomic E-state index is 0.369. The largest absolute Gasteiger partial charge is 0.453 e. The summed E-state index contributed by atoms with van der Waals surface area (Å²) in [4.78, 5) is 19.3. The third kappa shape index (κ3) is 3.01. The third-order valence-electron chi connectivity index (χ3n) is 2.08. The highest BCUT2D eigenvalue weighted by Crippen LogP contribution is 2.22. The second kappa shape index (κ2) is 5.40. The Morgan fingerprint density at radius 3 is 2.94 bits per heavy atom. The van der Waals surface area contributed by atoms with Crippen LogP contribution in [-0.2, 0) is 11.3 Å². The number of methoxy groups -OCH3 is 1. The molecule has 2 rings (SSSR count). The zero-order valence-corrected chi connectivity index (χ0v) is 10.0. The number of carbonyl (C=O) groups is 1. The lowest BCUT2D eigenvalue weighted by Gasteiger charge is -1.99. The van der Waals surface area contributed by atoms with Crippen LogP contribution in [0.3, 0.4) is 0 Å². The molecule has 17 heavy (non-hydrogen) atoms. The van der Waals surface area contributed by atoms with Gasteiger partial charge in [0.15, 0.2) is 0 Å². The number of nitrogens with one attached hydrogen (secondary N) is 1. The number of hydrogen-bond donors (Lipinski definition) is 1. The van der Waals surface area contributed by atoms with Gasteiger partial charge in [0.05, 0.1) is 19.3 Å². The summed E-state index contributed by atoms with van der Waals surface area (Å²) in [5.41, 5.74) is 1.83. The van der Waals surface area contributed by atoms with Crippen LogP contribution in [0.5, 0.6) is 0 Å². The molecule has 2 heterocycles. The number of amides is 1. The Morgan fingerprint density at radius 2 is 2.24 bits per heavy atom. The number of rotatable bonds is 3. The number of hydrogen-bond acceptors (Lipinski definition) is 5. The van der Waals surface area contributed by atoms with Crippen molar-refractivity contribution in [3.63, 3.8) is 0 Å². The van der Waals surface area contributed by atoms with Crippen LogP contribution in [0.4, 0.5) is 4.79 Å². The third-order valence-corrected chi connectivity index (χ3v) is 3.02. The van der Waals surface area contributed by atoms with Crippen LogP contribution in [0.1, 0.15) is 5.69 Å². The van der Waals surface area contributed by atoms with E-state index in [0.29, 0.717) is 6.54 Å². The van der Waals surface area contributed by atoms with Crippen LogP contribution in [0.15, 0.2) is 29.9 Å². The standard InChI is InChI=1S/C11H11N3O2S/c1-16-11(15)13-6-9-7-17-10(14-9)8-2-4-12-5-3-8/h2-5,7H,6H2,1H3,(H,13,15). The van der Waals surface area contributed by atoms with Gasteiger partial charge in [-0.15, -0.1) is 11.3 Å². The summed E-state index contributed by atoms with van der Waals surface area (Å²) < 4.78 is 4.48. The minimum Gasteiger partial charge on any atom is -0.453 e. The molecule has 0 aliphatic heterocycles. The monoisotopic (exact) mass is 249 g/mol. The SMILES string of the molecule is COC(=O)NCc1csc(-c2ccncc2)n1. The first kappa shape index (κ1) is 11.5. The number of pyridine rings is 1. The van der Waals surface area contributed by atoms with Gasteiger partial charge in [0.2, 0.25) is 0 Å². The zero-order chi connectivity index (χ0) is 12.1. The predicted octanol–water partition coefficient (Wildman–Crippen LogP) is 2.06. The summed E-state index contributed by atoms with van der Waals surface area (Å²) in [7, 11) is 1.33. The number of ether oxygens (including phenoxy) is 1. The van der Waals surface area contributed by atoms with E-state index in [1.807, 2.05) is 17.5 Å². The van der Waals surface area contributed by atoms with Gasteiger partial charge in [0.1, 0.15) is 5.01 Å². The predicted molar refractivity (Wildman–Crippen MR) is 64.6 cm³/mol. The van der Waals surface area contributed by atoms with E-state index in [-0.39, 0.29) is 0 Å². The molecule has 5 nitrogen and oxygen atoms in total. The van der Waals surface area contributed by atoms with Crippen LogP contribution < -0.4 is 5.32 Å². The zero-order valence-electron chi connectivity index (χ0n) is 9.21. The summed E-state index contributed by atoms with van der Waals surface area (Å²) in [5, 5.41) is 5.40. The molecule has 0 atom stereocenters. The molecule has 0 fully saturated rings. The first-order chi connectivity index (χ1) is 8.29. The van der Waals surface area contributed by atoms with Gasteiger partial charge in [0.25, 0.3) is 0 Å². The molecule has 1 amide bonds. The molecule has 6 heteroatoms. The van der Waals surface area contributed by atoms with Gasteiger partial charge in [-0.2, -0.15) is 0 Å². The normalized spacial score (nSPS) is 9.94. The van der Waals surface area contributed by atoms with Crippen molar-refractivity contribution in [2.75, 3.05) is 7.11 Å². The Labute approximate surface area is 102 Å². The van der Waals surface area contributed by atoms with Crippen molar-refractivity contribution >= 4 is 17.4 Å². The van der Waals surface area contributed by atoms with Gasteiger partial charge >= 0.3 is 6.09 Å². The van der Waals surface area contributed by atoms with E-state index in [1.54, 1.807) is 12.4 Å². The van der Waals surface area contributed by atoms with E-state index in [9.17, 15) is 4.79 Å². The topological polar surface area (TPSA) is 64.1 Å². The van der Waals surface area contributed by atoms with Crippen LogP contribution in [0, 0.1) is 0 Å². The highest BCUT2D eigenvalue weighted by Gasteiger charge is 2.05. The van der Waals surface area contributed by atoms with Gasteiger partial charge in [-0.05, 0) is 12.1 Å². The molecule has 2 aromatic heterocycles. The lowest BCUT2D eigenvalue weighted by Crippen LogP contribution is -2.22. The Kier molecular flexibility index (Phi) is 3.66. The van der Waals surface area contributed by atoms with Crippen LogP contribution in [0.25, 0.3) is 10.6 Å². The van der Waals surface area contributed by atoms with E-state index in [0.717, 1.165) is 16.3 Å². The average Bonchev–Trinajstić information content (AvgIpc) is 2.86. The lowest BCUT2D eigenvalue weighted by atomic mass is 10.3. The number of aromatic nitrogens is 2. The van der Waals surface area contributed by atoms with Crippen molar-refractivity contribution in [3.8, 4) is 10.6 Å². The molecule has 0 aliphatic carbocycles. The molecule has 0 saturated heterocycles. The van der Waals surface area contributed by atoms with Crippen molar-refractivity contribution in [2.45, 2.75) is 6.54 Å². The molecule has 1 N–H and O–H groups in total. The molecule has 0 radical (unpaired) electrons. The molecule has 0 aromatic carbocycles. The maximum atomic E-state index is 10.9. The fourth-order valence-corrected chi connectivity index (χ4v) is 2.08. The molecule has 0 unspecified atom stereocenters.